The van der Waals surface area contributed by atoms with Gasteiger partial charge in [-0.3, -0.25) is 14.4 Å². The number of nitrogens with one attached hydrogen (secondary N) is 3. The number of imidazole rings is 1. The van der Waals surface area contributed by atoms with Gasteiger partial charge in [-0.2, -0.15) is 0 Å². The maximum absolute atomic E-state index is 14.1. The summed E-state index contributed by atoms with van der Waals surface area (Å²) in [4.78, 5) is 48.4. The fourth-order valence-electron chi connectivity index (χ4n) is 4.61. The van der Waals surface area contributed by atoms with Gasteiger partial charge < -0.3 is 20.5 Å². The number of halogens is 1. The third-order valence-electron chi connectivity index (χ3n) is 6.80. The highest BCUT2D eigenvalue weighted by atomic mass is 19.1. The Labute approximate surface area is 212 Å². The van der Waals surface area contributed by atoms with E-state index < -0.39 is 23.8 Å². The average molecular weight is 502 g/mol. The fourth-order valence-corrected chi connectivity index (χ4v) is 4.61. The second kappa shape index (κ2) is 11.8. The predicted octanol–water partition coefficient (Wildman–Crippen LogP) is 4.37. The number of para-hydroxylation sites is 1. The largest absolute Gasteiger partial charge is 0.345 e. The first-order chi connectivity index (χ1) is 17.0. The van der Waals surface area contributed by atoms with Crippen LogP contribution in [0.15, 0.2) is 18.2 Å². The van der Waals surface area contributed by atoms with Crippen LogP contribution in [-0.4, -0.2) is 51.2 Å². The third kappa shape index (κ3) is 7.27. The number of H-pyrrole nitrogens is 1. The molecule has 0 radical (unpaired) electrons. The molecule has 1 saturated heterocycles. The number of hydrogen-bond acceptors (Lipinski definition) is 4. The Morgan fingerprint density at radius 3 is 2.64 bits per heavy atom. The van der Waals surface area contributed by atoms with Gasteiger partial charge in [0.2, 0.25) is 17.7 Å². The summed E-state index contributed by atoms with van der Waals surface area (Å²) in [6, 6.07) is 3.20. The molecule has 2 heterocycles. The number of likely N-dealkylation sites (tertiary alicyclic amines) is 1. The third-order valence-corrected chi connectivity index (χ3v) is 6.80. The zero-order chi connectivity index (χ0) is 26.5. The maximum Gasteiger partial charge on any atom is 0.243 e. The molecule has 8 nitrogen and oxygen atoms in total. The minimum atomic E-state index is -1.01. The molecule has 198 valence electrons. The summed E-state index contributed by atoms with van der Waals surface area (Å²) in [7, 11) is 0. The zero-order valence-corrected chi connectivity index (χ0v) is 22.1. The van der Waals surface area contributed by atoms with Gasteiger partial charge in [-0.25, -0.2) is 9.37 Å². The van der Waals surface area contributed by atoms with Crippen LogP contribution in [0, 0.1) is 11.2 Å². The van der Waals surface area contributed by atoms with Crippen molar-refractivity contribution in [2.24, 2.45) is 5.41 Å². The summed E-state index contributed by atoms with van der Waals surface area (Å²) >= 11 is 0. The number of aromatic nitrogens is 2. The topological polar surface area (TPSA) is 107 Å². The maximum atomic E-state index is 14.1. The van der Waals surface area contributed by atoms with Crippen molar-refractivity contribution in [3.05, 3.63) is 29.8 Å². The van der Waals surface area contributed by atoms with Crippen molar-refractivity contribution in [1.82, 2.24) is 25.5 Å². The second-order valence-electron chi connectivity index (χ2n) is 11.0. The summed E-state index contributed by atoms with van der Waals surface area (Å²) in [6.45, 7) is 10.6. The van der Waals surface area contributed by atoms with E-state index in [2.05, 4.69) is 27.5 Å². The molecule has 0 spiro atoms. The van der Waals surface area contributed by atoms with E-state index in [0.29, 0.717) is 24.3 Å². The molecule has 1 aromatic heterocycles. The van der Waals surface area contributed by atoms with Crippen molar-refractivity contribution in [3.63, 3.8) is 0 Å². The lowest BCUT2D eigenvalue weighted by molar-refractivity contribution is -0.139. The fraction of sp³-hybridized carbons (Fsp3) is 0.630. The number of carbonyl (C=O) groups is 3. The van der Waals surface area contributed by atoms with Crippen molar-refractivity contribution < 1.29 is 18.8 Å². The van der Waals surface area contributed by atoms with E-state index in [1.54, 1.807) is 19.1 Å². The highest BCUT2D eigenvalue weighted by Gasteiger charge is 2.31. The molecule has 1 aliphatic heterocycles. The van der Waals surface area contributed by atoms with E-state index in [4.69, 9.17) is 0 Å². The van der Waals surface area contributed by atoms with Crippen LogP contribution in [0.25, 0.3) is 11.0 Å². The number of fused-ring (bicyclic) bond motifs is 1. The number of benzene rings is 1. The molecule has 1 fully saturated rings. The minimum Gasteiger partial charge on any atom is -0.345 e. The normalized spacial score (nSPS) is 18.1. The quantitative estimate of drug-likeness (QED) is 0.474. The Morgan fingerprint density at radius 1 is 1.22 bits per heavy atom. The molecule has 2 aromatic rings. The van der Waals surface area contributed by atoms with Crippen molar-refractivity contribution in [1.29, 1.82) is 0 Å². The molecule has 1 aromatic carbocycles. The Bertz CT molecular complexity index is 1080. The zero-order valence-electron chi connectivity index (χ0n) is 22.1. The number of carbonyl (C=O) groups excluding carboxylic acids is 3. The molecule has 0 aliphatic carbocycles. The smallest absolute Gasteiger partial charge is 0.243 e. The predicted molar refractivity (Wildman–Crippen MR) is 137 cm³/mol. The van der Waals surface area contributed by atoms with Crippen LogP contribution in [0.5, 0.6) is 0 Å². The summed E-state index contributed by atoms with van der Waals surface area (Å²) in [6.07, 6.45) is 4.66. The molecule has 3 N–H and O–H groups in total. The lowest BCUT2D eigenvalue weighted by Crippen LogP contribution is -2.52. The first kappa shape index (κ1) is 27.6. The van der Waals surface area contributed by atoms with Crippen LogP contribution in [-0.2, 0) is 14.4 Å². The molecular weight excluding hydrogens is 461 g/mol. The first-order valence-electron chi connectivity index (χ1n) is 13.0. The number of amides is 3. The monoisotopic (exact) mass is 501 g/mol. The molecule has 1 aliphatic rings. The van der Waals surface area contributed by atoms with Crippen molar-refractivity contribution in [2.45, 2.75) is 97.7 Å². The Hall–Kier alpha value is -2.97. The standard InChI is InChI=1S/C27H40FN5O3/c1-6-18-10-7-8-15-33(18)23(35)16-21(30-22(34)13-14-27(3,4)5)26(36)29-17(2)25-31-20-12-9-11-19(28)24(20)32-25/h9,11-12,17-18,21H,6-8,10,13-16H2,1-5H3,(H,29,36)(H,30,34)(H,31,32)/t17-,18-,21-/m0/s1. The van der Waals surface area contributed by atoms with E-state index in [1.165, 1.54) is 6.07 Å². The van der Waals surface area contributed by atoms with Crippen LogP contribution in [0.3, 0.4) is 0 Å². The van der Waals surface area contributed by atoms with Gasteiger partial charge in [0.25, 0.3) is 0 Å². The molecule has 9 heteroatoms. The number of piperidine rings is 1. The van der Waals surface area contributed by atoms with Crippen molar-refractivity contribution >= 4 is 28.8 Å². The molecule has 3 rings (SSSR count). The average Bonchev–Trinajstić information content (AvgIpc) is 3.28. The van der Waals surface area contributed by atoms with E-state index in [1.807, 2.05) is 25.7 Å². The number of rotatable bonds is 9. The summed E-state index contributed by atoms with van der Waals surface area (Å²) in [5.41, 5.74) is 0.702. The van der Waals surface area contributed by atoms with Gasteiger partial charge in [0, 0.05) is 19.0 Å². The Balaban J connectivity index is 1.73. The van der Waals surface area contributed by atoms with Crippen LogP contribution >= 0.6 is 0 Å². The second-order valence-corrected chi connectivity index (χ2v) is 11.0. The van der Waals surface area contributed by atoms with Gasteiger partial charge >= 0.3 is 0 Å². The number of hydrogen-bond donors (Lipinski definition) is 3. The lowest BCUT2D eigenvalue weighted by Gasteiger charge is -2.36. The van der Waals surface area contributed by atoms with E-state index >= 15 is 0 Å². The minimum absolute atomic E-state index is 0.0296. The summed E-state index contributed by atoms with van der Waals surface area (Å²) in [5, 5.41) is 5.64. The van der Waals surface area contributed by atoms with Gasteiger partial charge in [0.1, 0.15) is 17.4 Å². The van der Waals surface area contributed by atoms with E-state index in [0.717, 1.165) is 25.7 Å². The van der Waals surface area contributed by atoms with E-state index in [9.17, 15) is 18.8 Å². The molecule has 0 bridgehead atoms. The molecule has 3 atom stereocenters. The molecule has 0 unspecified atom stereocenters. The summed E-state index contributed by atoms with van der Waals surface area (Å²) < 4.78 is 14.1. The van der Waals surface area contributed by atoms with Gasteiger partial charge in [0.05, 0.1) is 18.0 Å². The van der Waals surface area contributed by atoms with Gasteiger partial charge in [-0.05, 0) is 56.6 Å². The highest BCUT2D eigenvalue weighted by Crippen LogP contribution is 2.23. The van der Waals surface area contributed by atoms with Crippen LogP contribution in [0.4, 0.5) is 4.39 Å². The summed E-state index contributed by atoms with van der Waals surface area (Å²) in [5.74, 6) is -0.908. The van der Waals surface area contributed by atoms with E-state index in [-0.39, 0.29) is 41.6 Å². The van der Waals surface area contributed by atoms with Gasteiger partial charge in [0.15, 0.2) is 5.82 Å². The number of aromatic amines is 1. The van der Waals surface area contributed by atoms with Gasteiger partial charge in [-0.15, -0.1) is 0 Å². The van der Waals surface area contributed by atoms with Crippen molar-refractivity contribution in [3.8, 4) is 0 Å². The van der Waals surface area contributed by atoms with Crippen LogP contribution < -0.4 is 10.6 Å². The molecule has 0 saturated carbocycles. The Morgan fingerprint density at radius 2 is 1.97 bits per heavy atom. The first-order valence-corrected chi connectivity index (χ1v) is 13.0. The lowest BCUT2D eigenvalue weighted by atomic mass is 9.90. The number of nitrogens with zero attached hydrogens (tertiary/aromatic N) is 2. The molecule has 36 heavy (non-hydrogen) atoms. The SMILES string of the molecule is CC[C@H]1CCCCN1C(=O)C[C@H](NC(=O)CCC(C)(C)C)C(=O)N[C@@H](C)c1nc2c(F)cccc2[nH]1. The molecule has 3 amide bonds. The van der Waals surface area contributed by atoms with Crippen molar-refractivity contribution in [2.75, 3.05) is 6.54 Å². The highest BCUT2D eigenvalue weighted by molar-refractivity contribution is 5.92. The van der Waals surface area contributed by atoms with Gasteiger partial charge in [-0.1, -0.05) is 33.8 Å². The molecular formula is C27H40FN5O3. The Kier molecular flexibility index (Phi) is 9.08. The van der Waals surface area contributed by atoms with Crippen LogP contribution in [0.1, 0.15) is 91.4 Å². The van der Waals surface area contributed by atoms with Crippen LogP contribution in [0.2, 0.25) is 0 Å².